The van der Waals surface area contributed by atoms with Crippen LogP contribution >= 0.6 is 12.4 Å². The zero-order valence-electron chi connectivity index (χ0n) is 16.6. The lowest BCUT2D eigenvalue weighted by molar-refractivity contribution is 0.198. The van der Waals surface area contributed by atoms with Crippen molar-refractivity contribution in [3.05, 3.63) is 42.0 Å². The van der Waals surface area contributed by atoms with Crippen LogP contribution in [0.15, 0.2) is 36.4 Å². The Kier molecular flexibility index (Phi) is 10.6. The predicted octanol–water partition coefficient (Wildman–Crippen LogP) is 5.27. The highest BCUT2D eigenvalue weighted by atomic mass is 35.5. The first-order chi connectivity index (χ1) is 11.2. The molecule has 0 amide bonds. The van der Waals surface area contributed by atoms with Gasteiger partial charge >= 0.3 is 0 Å². The number of benzene rings is 1. The zero-order chi connectivity index (χ0) is 18.1. The summed E-state index contributed by atoms with van der Waals surface area (Å²) in [7, 11) is 0. The third-order valence-corrected chi connectivity index (χ3v) is 3.07. The van der Waals surface area contributed by atoms with E-state index in [1.165, 1.54) is 5.56 Å². The van der Waals surface area contributed by atoms with Crippen LogP contribution in [-0.4, -0.2) is 19.7 Å². The van der Waals surface area contributed by atoms with Crippen LogP contribution in [-0.2, 0) is 6.42 Å². The SMILES string of the molecule is CC(C)(C)C#C/C=C/CNCCc1cccc(OCC(C)(C)C)c1.Cl. The minimum Gasteiger partial charge on any atom is -0.493 e. The van der Waals surface area contributed by atoms with Crippen LogP contribution in [0.5, 0.6) is 5.75 Å². The Morgan fingerprint density at radius 3 is 2.48 bits per heavy atom. The monoisotopic (exact) mass is 363 g/mol. The molecule has 3 heteroatoms. The average molecular weight is 364 g/mol. The smallest absolute Gasteiger partial charge is 0.119 e. The van der Waals surface area contributed by atoms with Gasteiger partial charge in [-0.25, -0.2) is 0 Å². The molecule has 0 heterocycles. The Morgan fingerprint density at radius 1 is 1.12 bits per heavy atom. The van der Waals surface area contributed by atoms with Gasteiger partial charge in [0, 0.05) is 12.0 Å². The molecule has 0 fully saturated rings. The van der Waals surface area contributed by atoms with E-state index in [2.05, 4.69) is 83.0 Å². The molecule has 25 heavy (non-hydrogen) atoms. The van der Waals surface area contributed by atoms with Gasteiger partial charge in [0.1, 0.15) is 5.75 Å². The van der Waals surface area contributed by atoms with E-state index in [9.17, 15) is 0 Å². The van der Waals surface area contributed by atoms with Crippen LogP contribution in [0.1, 0.15) is 47.1 Å². The molecule has 0 aromatic heterocycles. The second kappa shape index (κ2) is 11.2. The van der Waals surface area contributed by atoms with Crippen LogP contribution in [0.2, 0.25) is 0 Å². The Bertz CT molecular complexity index is 583. The molecule has 0 aliphatic rings. The van der Waals surface area contributed by atoms with Gasteiger partial charge in [0.25, 0.3) is 0 Å². The summed E-state index contributed by atoms with van der Waals surface area (Å²) in [6.45, 7) is 15.4. The minimum absolute atomic E-state index is 0. The number of nitrogens with one attached hydrogen (secondary N) is 1. The van der Waals surface area contributed by atoms with Crippen molar-refractivity contribution in [1.29, 1.82) is 0 Å². The number of hydrogen-bond donors (Lipinski definition) is 1. The average Bonchev–Trinajstić information content (AvgIpc) is 2.46. The highest BCUT2D eigenvalue weighted by Gasteiger charge is 2.11. The van der Waals surface area contributed by atoms with Crippen molar-refractivity contribution in [2.45, 2.75) is 48.0 Å². The molecule has 1 N–H and O–H groups in total. The third kappa shape index (κ3) is 13.5. The van der Waals surface area contributed by atoms with Gasteiger partial charge in [-0.05, 0) is 62.9 Å². The van der Waals surface area contributed by atoms with E-state index in [1.54, 1.807) is 0 Å². The summed E-state index contributed by atoms with van der Waals surface area (Å²) < 4.78 is 5.86. The van der Waals surface area contributed by atoms with E-state index >= 15 is 0 Å². The quantitative estimate of drug-likeness (QED) is 0.526. The number of halogens is 1. The molecule has 0 atom stereocenters. The van der Waals surface area contributed by atoms with Gasteiger partial charge < -0.3 is 10.1 Å². The molecule has 1 aromatic carbocycles. The summed E-state index contributed by atoms with van der Waals surface area (Å²) in [5.74, 6) is 7.23. The summed E-state index contributed by atoms with van der Waals surface area (Å²) >= 11 is 0. The van der Waals surface area contributed by atoms with Gasteiger partial charge in [-0.15, -0.1) is 12.4 Å². The maximum atomic E-state index is 5.86. The summed E-state index contributed by atoms with van der Waals surface area (Å²) in [4.78, 5) is 0. The molecule has 0 aliphatic carbocycles. The topological polar surface area (TPSA) is 21.3 Å². The number of rotatable bonds is 7. The second-order valence-electron chi connectivity index (χ2n) is 8.37. The third-order valence-electron chi connectivity index (χ3n) is 3.07. The van der Waals surface area contributed by atoms with Crippen LogP contribution in [0.3, 0.4) is 0 Å². The number of ether oxygens (including phenoxy) is 1. The zero-order valence-corrected chi connectivity index (χ0v) is 17.4. The van der Waals surface area contributed by atoms with Crippen molar-refractivity contribution in [2.75, 3.05) is 19.7 Å². The summed E-state index contributed by atoms with van der Waals surface area (Å²) in [6.07, 6.45) is 5.00. The molecule has 1 rings (SSSR count). The molecule has 2 nitrogen and oxygen atoms in total. The van der Waals surface area contributed by atoms with Crippen molar-refractivity contribution in [2.24, 2.45) is 10.8 Å². The van der Waals surface area contributed by atoms with Crippen molar-refractivity contribution >= 4 is 12.4 Å². The minimum atomic E-state index is 0. The lowest BCUT2D eigenvalue weighted by Gasteiger charge is -2.19. The highest BCUT2D eigenvalue weighted by Crippen LogP contribution is 2.18. The van der Waals surface area contributed by atoms with Crippen molar-refractivity contribution in [3.63, 3.8) is 0 Å². The molecule has 0 radical (unpaired) electrons. The number of allylic oxidation sites excluding steroid dienone is 1. The molecule has 0 bridgehead atoms. The first-order valence-electron chi connectivity index (χ1n) is 8.76. The fraction of sp³-hybridized carbons (Fsp3) is 0.545. The molecule has 0 aliphatic heterocycles. The van der Waals surface area contributed by atoms with Crippen LogP contribution in [0.4, 0.5) is 0 Å². The van der Waals surface area contributed by atoms with E-state index in [0.717, 1.165) is 31.9 Å². The molecule has 0 spiro atoms. The van der Waals surface area contributed by atoms with Crippen molar-refractivity contribution < 1.29 is 4.74 Å². The normalized spacial score (nSPS) is 11.6. The molecule has 140 valence electrons. The van der Waals surface area contributed by atoms with E-state index in [1.807, 2.05) is 12.1 Å². The largest absolute Gasteiger partial charge is 0.493 e. The van der Waals surface area contributed by atoms with Gasteiger partial charge in [0.15, 0.2) is 0 Å². The van der Waals surface area contributed by atoms with Gasteiger partial charge in [-0.1, -0.05) is 50.8 Å². The molecule has 0 unspecified atom stereocenters. The fourth-order valence-corrected chi connectivity index (χ4v) is 1.88. The van der Waals surface area contributed by atoms with Gasteiger partial charge in [-0.2, -0.15) is 0 Å². The van der Waals surface area contributed by atoms with E-state index in [0.29, 0.717) is 0 Å². The molecule has 0 saturated heterocycles. The number of hydrogen-bond acceptors (Lipinski definition) is 2. The lowest BCUT2D eigenvalue weighted by Crippen LogP contribution is -2.18. The van der Waals surface area contributed by atoms with Gasteiger partial charge in [-0.3, -0.25) is 0 Å². The first kappa shape index (κ1) is 23.6. The molecule has 0 saturated carbocycles. The predicted molar refractivity (Wildman–Crippen MR) is 112 cm³/mol. The van der Waals surface area contributed by atoms with Gasteiger partial charge in [0.2, 0.25) is 0 Å². The second-order valence-corrected chi connectivity index (χ2v) is 8.37. The Labute approximate surface area is 160 Å². The lowest BCUT2D eigenvalue weighted by atomic mass is 9.98. The standard InChI is InChI=1S/C22H33NO.ClH/c1-21(2,3)14-8-7-9-15-23-16-13-19-11-10-12-20(17-19)24-18-22(4,5)6;/h7,9-12,17,23H,13,15-16,18H2,1-6H3;1H/b9-7+;. The maximum absolute atomic E-state index is 5.86. The van der Waals surface area contributed by atoms with Crippen LogP contribution in [0, 0.1) is 22.7 Å². The molecular weight excluding hydrogens is 330 g/mol. The Morgan fingerprint density at radius 2 is 1.84 bits per heavy atom. The highest BCUT2D eigenvalue weighted by molar-refractivity contribution is 5.85. The van der Waals surface area contributed by atoms with E-state index in [-0.39, 0.29) is 23.2 Å². The maximum Gasteiger partial charge on any atom is 0.119 e. The Balaban J connectivity index is 0.00000576. The van der Waals surface area contributed by atoms with E-state index in [4.69, 9.17) is 4.74 Å². The first-order valence-corrected chi connectivity index (χ1v) is 8.76. The summed E-state index contributed by atoms with van der Waals surface area (Å²) in [6, 6.07) is 8.38. The van der Waals surface area contributed by atoms with E-state index < -0.39 is 0 Å². The van der Waals surface area contributed by atoms with Crippen molar-refractivity contribution in [1.82, 2.24) is 5.32 Å². The van der Waals surface area contributed by atoms with Crippen LogP contribution < -0.4 is 10.1 Å². The molecular formula is C22H34ClNO. The summed E-state index contributed by atoms with van der Waals surface area (Å²) in [5, 5.41) is 3.41. The van der Waals surface area contributed by atoms with Gasteiger partial charge in [0.05, 0.1) is 6.61 Å². The Hall–Kier alpha value is -1.43. The van der Waals surface area contributed by atoms with Crippen molar-refractivity contribution in [3.8, 4) is 17.6 Å². The molecule has 1 aromatic rings. The fourth-order valence-electron chi connectivity index (χ4n) is 1.88. The summed E-state index contributed by atoms with van der Waals surface area (Å²) in [5.41, 5.74) is 1.54. The van der Waals surface area contributed by atoms with Crippen LogP contribution in [0.25, 0.3) is 0 Å².